The van der Waals surface area contributed by atoms with E-state index in [1.54, 1.807) is 0 Å². The van der Waals surface area contributed by atoms with Crippen molar-refractivity contribution in [2.45, 2.75) is 97.5 Å². The van der Waals surface area contributed by atoms with Crippen LogP contribution in [0.5, 0.6) is 0 Å². The van der Waals surface area contributed by atoms with Crippen LogP contribution in [0.25, 0.3) is 0 Å². The lowest BCUT2D eigenvalue weighted by Crippen LogP contribution is -2.08. The Morgan fingerprint density at radius 3 is 2.00 bits per heavy atom. The normalized spacial score (nSPS) is 13.2. The molecule has 1 heteroatoms. The molecule has 1 atom stereocenters. The quantitative estimate of drug-likeness (QED) is 0.266. The highest BCUT2D eigenvalue weighted by Gasteiger charge is 2.00. The minimum atomic E-state index is 0.453. The molecule has 0 radical (unpaired) electrons. The van der Waals surface area contributed by atoms with Crippen LogP contribution in [-0.2, 0) is 4.74 Å². The van der Waals surface area contributed by atoms with Crippen molar-refractivity contribution in [3.05, 3.63) is 12.2 Å². The molecular weight excluding hydrogens is 232 g/mol. The molecule has 114 valence electrons. The third kappa shape index (κ3) is 15.6. The van der Waals surface area contributed by atoms with Gasteiger partial charge in [0, 0.05) is 6.61 Å². The van der Waals surface area contributed by atoms with E-state index < -0.39 is 0 Å². The molecule has 0 spiro atoms. The molecule has 0 aliphatic heterocycles. The van der Waals surface area contributed by atoms with E-state index in [-0.39, 0.29) is 0 Å². The summed E-state index contributed by atoms with van der Waals surface area (Å²) in [6, 6.07) is 0. The maximum absolute atomic E-state index is 5.67. The molecule has 19 heavy (non-hydrogen) atoms. The van der Waals surface area contributed by atoms with E-state index in [1.165, 1.54) is 64.2 Å². The van der Waals surface area contributed by atoms with Crippen LogP contribution in [-0.4, -0.2) is 12.7 Å². The molecule has 0 fully saturated rings. The number of unbranched alkanes of at least 4 members (excludes halogenated alkanes) is 7. The van der Waals surface area contributed by atoms with E-state index >= 15 is 0 Å². The van der Waals surface area contributed by atoms with Crippen LogP contribution < -0.4 is 0 Å². The van der Waals surface area contributed by atoms with E-state index in [4.69, 9.17) is 4.74 Å². The van der Waals surface area contributed by atoms with Crippen molar-refractivity contribution in [2.24, 2.45) is 0 Å². The summed E-state index contributed by atoms with van der Waals surface area (Å²) in [5.41, 5.74) is 0. The van der Waals surface area contributed by atoms with Gasteiger partial charge in [0.15, 0.2) is 0 Å². The van der Waals surface area contributed by atoms with E-state index in [0.717, 1.165) is 13.0 Å². The van der Waals surface area contributed by atoms with Gasteiger partial charge < -0.3 is 4.74 Å². The highest BCUT2D eigenvalue weighted by Crippen LogP contribution is 2.09. The Balaban J connectivity index is 3.15. The first kappa shape index (κ1) is 18.7. The van der Waals surface area contributed by atoms with Gasteiger partial charge in [-0.25, -0.2) is 0 Å². The van der Waals surface area contributed by atoms with Gasteiger partial charge in [-0.05, 0) is 45.4 Å². The summed E-state index contributed by atoms with van der Waals surface area (Å²) in [6.07, 6.45) is 19.6. The Morgan fingerprint density at radius 1 is 0.789 bits per heavy atom. The molecule has 0 saturated carbocycles. The average molecular weight is 268 g/mol. The molecular formula is C18H36O. The van der Waals surface area contributed by atoms with E-state index in [1.807, 2.05) is 0 Å². The molecule has 0 heterocycles. The first-order chi connectivity index (χ1) is 9.31. The van der Waals surface area contributed by atoms with Crippen molar-refractivity contribution >= 4 is 0 Å². The molecule has 0 aromatic carbocycles. The van der Waals surface area contributed by atoms with Crippen LogP contribution in [0, 0.1) is 0 Å². The molecule has 1 unspecified atom stereocenters. The summed E-state index contributed by atoms with van der Waals surface area (Å²) >= 11 is 0. The fourth-order valence-corrected chi connectivity index (χ4v) is 2.20. The molecule has 0 aliphatic carbocycles. The van der Waals surface area contributed by atoms with Crippen LogP contribution in [0.3, 0.4) is 0 Å². The standard InChI is InChI=1S/C18H36O/c1-4-6-7-8-9-10-11-12-13-14-15-16-18(3)19-17-5-2/h10-11,18H,4-9,12-17H2,1-3H3. The maximum atomic E-state index is 5.67. The number of hydrogen-bond donors (Lipinski definition) is 0. The largest absolute Gasteiger partial charge is 0.379 e. The van der Waals surface area contributed by atoms with Gasteiger partial charge in [-0.1, -0.05) is 58.1 Å². The van der Waals surface area contributed by atoms with Gasteiger partial charge in [0.2, 0.25) is 0 Å². The second-order valence-electron chi connectivity index (χ2n) is 5.64. The zero-order chi connectivity index (χ0) is 14.2. The monoisotopic (exact) mass is 268 g/mol. The summed E-state index contributed by atoms with van der Waals surface area (Å²) in [4.78, 5) is 0. The number of hydrogen-bond acceptors (Lipinski definition) is 1. The summed E-state index contributed by atoms with van der Waals surface area (Å²) in [7, 11) is 0. The minimum Gasteiger partial charge on any atom is -0.379 e. The summed E-state index contributed by atoms with van der Waals surface area (Å²) in [5, 5.41) is 0. The minimum absolute atomic E-state index is 0.453. The Bertz CT molecular complexity index is 186. The van der Waals surface area contributed by atoms with Crippen LogP contribution in [0.4, 0.5) is 0 Å². The van der Waals surface area contributed by atoms with E-state index in [0.29, 0.717) is 6.10 Å². The van der Waals surface area contributed by atoms with Gasteiger partial charge in [-0.3, -0.25) is 0 Å². The fraction of sp³-hybridized carbons (Fsp3) is 0.889. The Labute approximate surface area is 121 Å². The molecule has 0 aromatic heterocycles. The predicted octanol–water partition coefficient (Wildman–Crippen LogP) is 6.28. The molecule has 0 N–H and O–H groups in total. The van der Waals surface area contributed by atoms with Gasteiger partial charge >= 0.3 is 0 Å². The molecule has 0 rings (SSSR count). The zero-order valence-corrected chi connectivity index (χ0v) is 13.6. The van der Waals surface area contributed by atoms with Crippen molar-refractivity contribution < 1.29 is 4.74 Å². The Kier molecular flexibility index (Phi) is 15.5. The number of ether oxygens (including phenoxy) is 1. The molecule has 0 amide bonds. The highest BCUT2D eigenvalue weighted by atomic mass is 16.5. The van der Waals surface area contributed by atoms with Gasteiger partial charge in [-0.2, -0.15) is 0 Å². The molecule has 0 aliphatic rings. The summed E-state index contributed by atoms with van der Waals surface area (Å²) < 4.78 is 5.67. The van der Waals surface area contributed by atoms with Gasteiger partial charge in [-0.15, -0.1) is 0 Å². The number of rotatable bonds is 14. The van der Waals surface area contributed by atoms with E-state index in [2.05, 4.69) is 32.9 Å². The molecule has 1 nitrogen and oxygen atoms in total. The smallest absolute Gasteiger partial charge is 0.0547 e. The van der Waals surface area contributed by atoms with Crippen LogP contribution in [0.1, 0.15) is 91.4 Å². The van der Waals surface area contributed by atoms with Crippen molar-refractivity contribution in [3.8, 4) is 0 Å². The van der Waals surface area contributed by atoms with Crippen LogP contribution in [0.2, 0.25) is 0 Å². The van der Waals surface area contributed by atoms with Crippen molar-refractivity contribution in [3.63, 3.8) is 0 Å². The highest BCUT2D eigenvalue weighted by molar-refractivity contribution is 4.81. The second kappa shape index (κ2) is 15.8. The third-order valence-electron chi connectivity index (χ3n) is 3.48. The first-order valence-corrected chi connectivity index (χ1v) is 8.57. The van der Waals surface area contributed by atoms with Crippen molar-refractivity contribution in [1.29, 1.82) is 0 Å². The maximum Gasteiger partial charge on any atom is 0.0547 e. The lowest BCUT2D eigenvalue weighted by Gasteiger charge is -2.11. The fourth-order valence-electron chi connectivity index (χ4n) is 2.20. The predicted molar refractivity (Wildman–Crippen MR) is 86.7 cm³/mol. The van der Waals surface area contributed by atoms with Gasteiger partial charge in [0.25, 0.3) is 0 Å². The Hall–Kier alpha value is -0.300. The van der Waals surface area contributed by atoms with Gasteiger partial charge in [0.1, 0.15) is 0 Å². The SMILES string of the molecule is CCCCCCC=CCCCCCC(C)OCCC. The second-order valence-corrected chi connectivity index (χ2v) is 5.64. The van der Waals surface area contributed by atoms with Crippen molar-refractivity contribution in [1.82, 2.24) is 0 Å². The third-order valence-corrected chi connectivity index (χ3v) is 3.48. The summed E-state index contributed by atoms with van der Waals surface area (Å²) in [6.45, 7) is 7.55. The van der Waals surface area contributed by atoms with Crippen molar-refractivity contribution in [2.75, 3.05) is 6.61 Å². The lowest BCUT2D eigenvalue weighted by atomic mass is 10.1. The average Bonchev–Trinajstić information content (AvgIpc) is 2.42. The molecule has 0 saturated heterocycles. The first-order valence-electron chi connectivity index (χ1n) is 8.57. The van der Waals surface area contributed by atoms with Crippen LogP contribution >= 0.6 is 0 Å². The van der Waals surface area contributed by atoms with Gasteiger partial charge in [0.05, 0.1) is 6.10 Å². The lowest BCUT2D eigenvalue weighted by molar-refractivity contribution is 0.0590. The molecule has 0 bridgehead atoms. The molecule has 0 aromatic rings. The number of allylic oxidation sites excluding steroid dienone is 2. The Morgan fingerprint density at radius 2 is 1.42 bits per heavy atom. The topological polar surface area (TPSA) is 9.23 Å². The zero-order valence-electron chi connectivity index (χ0n) is 13.6. The van der Waals surface area contributed by atoms with E-state index in [9.17, 15) is 0 Å². The summed E-state index contributed by atoms with van der Waals surface area (Å²) in [5.74, 6) is 0. The van der Waals surface area contributed by atoms with Crippen LogP contribution in [0.15, 0.2) is 12.2 Å².